The molecule has 2 N–H and O–H groups in total. The molecule has 0 aliphatic carbocycles. The molecule has 0 spiro atoms. The van der Waals surface area contributed by atoms with Crippen LogP contribution in [-0.4, -0.2) is 33.2 Å². The van der Waals surface area contributed by atoms with Gasteiger partial charge in [0, 0.05) is 5.75 Å². The smallest absolute Gasteiger partial charge is 0.317 e. The van der Waals surface area contributed by atoms with Crippen LogP contribution in [0.5, 0.6) is 0 Å². The highest BCUT2D eigenvalue weighted by Gasteiger charge is 2.20. The Morgan fingerprint density at radius 1 is 1.22 bits per heavy atom. The summed E-state index contributed by atoms with van der Waals surface area (Å²) in [4.78, 5) is 21.3. The molecule has 0 unspecified atom stereocenters. The molecular weight excluding hydrogens is 252 g/mol. The van der Waals surface area contributed by atoms with Crippen LogP contribution >= 0.6 is 11.8 Å². The second-order valence-electron chi connectivity index (χ2n) is 3.57. The molecular formula is C13H14O4S. The van der Waals surface area contributed by atoms with Crippen molar-refractivity contribution in [3.05, 3.63) is 42.0 Å². The van der Waals surface area contributed by atoms with Gasteiger partial charge >= 0.3 is 11.9 Å². The minimum Gasteiger partial charge on any atom is -0.481 e. The van der Waals surface area contributed by atoms with Gasteiger partial charge in [0.2, 0.25) is 0 Å². The molecule has 18 heavy (non-hydrogen) atoms. The molecule has 5 heteroatoms. The zero-order chi connectivity index (χ0) is 13.4. The van der Waals surface area contributed by atoms with E-state index in [1.165, 1.54) is 0 Å². The van der Waals surface area contributed by atoms with Gasteiger partial charge in [-0.3, -0.25) is 9.59 Å². The Balaban J connectivity index is 2.41. The van der Waals surface area contributed by atoms with E-state index in [4.69, 9.17) is 10.2 Å². The first kappa shape index (κ1) is 14.3. The van der Waals surface area contributed by atoms with Crippen molar-refractivity contribution in [2.24, 2.45) is 0 Å². The highest BCUT2D eigenvalue weighted by atomic mass is 32.2. The Hall–Kier alpha value is -1.75. The van der Waals surface area contributed by atoms with Crippen LogP contribution in [0.4, 0.5) is 0 Å². The highest BCUT2D eigenvalue weighted by Crippen LogP contribution is 2.16. The summed E-state index contributed by atoms with van der Waals surface area (Å²) in [5, 5.41) is 16.5. The Morgan fingerprint density at radius 2 is 1.89 bits per heavy atom. The summed E-state index contributed by atoms with van der Waals surface area (Å²) < 4.78 is 0. The van der Waals surface area contributed by atoms with E-state index in [0.717, 1.165) is 17.3 Å². The molecule has 0 aromatic heterocycles. The lowest BCUT2D eigenvalue weighted by molar-refractivity contribution is -0.142. The number of carboxylic acids is 2. The van der Waals surface area contributed by atoms with Gasteiger partial charge in [0.05, 0.1) is 6.42 Å². The molecule has 0 saturated heterocycles. The molecule has 96 valence electrons. The maximum absolute atomic E-state index is 10.8. The van der Waals surface area contributed by atoms with E-state index in [9.17, 15) is 9.59 Å². The van der Waals surface area contributed by atoms with E-state index in [-0.39, 0.29) is 6.42 Å². The average molecular weight is 266 g/mol. The third kappa shape index (κ3) is 5.54. The molecule has 1 aromatic carbocycles. The average Bonchev–Trinajstić information content (AvgIpc) is 2.33. The fourth-order valence-corrected chi connectivity index (χ4v) is 2.14. The SMILES string of the molecule is O=C(O)C[C@@H](SC/C=C\c1ccccc1)C(=O)O. The number of carboxylic acid groups (broad SMARTS) is 2. The fourth-order valence-electron chi connectivity index (χ4n) is 1.30. The van der Waals surface area contributed by atoms with Gasteiger partial charge in [-0.1, -0.05) is 42.5 Å². The van der Waals surface area contributed by atoms with Crippen LogP contribution in [0.3, 0.4) is 0 Å². The van der Waals surface area contributed by atoms with Crippen LogP contribution in [0, 0.1) is 0 Å². The van der Waals surface area contributed by atoms with E-state index in [1.54, 1.807) is 0 Å². The molecule has 1 aromatic rings. The van der Waals surface area contributed by atoms with Crippen molar-refractivity contribution < 1.29 is 19.8 Å². The maximum atomic E-state index is 10.8. The van der Waals surface area contributed by atoms with Gasteiger partial charge in [0.15, 0.2) is 0 Å². The van der Waals surface area contributed by atoms with Gasteiger partial charge in [0.1, 0.15) is 5.25 Å². The standard InChI is InChI=1S/C13H14O4S/c14-12(15)9-11(13(16)17)18-8-4-7-10-5-2-1-3-6-10/h1-7,11H,8-9H2,(H,14,15)(H,16,17)/b7-4-/t11-/m1/s1. The number of hydrogen-bond acceptors (Lipinski definition) is 3. The molecule has 0 aliphatic heterocycles. The van der Waals surface area contributed by atoms with Crippen molar-refractivity contribution in [1.82, 2.24) is 0 Å². The second-order valence-corrected chi connectivity index (χ2v) is 4.81. The quantitative estimate of drug-likeness (QED) is 0.792. The molecule has 0 amide bonds. The molecule has 4 nitrogen and oxygen atoms in total. The van der Waals surface area contributed by atoms with Gasteiger partial charge in [-0.15, -0.1) is 11.8 Å². The van der Waals surface area contributed by atoms with Crippen LogP contribution in [-0.2, 0) is 9.59 Å². The van der Waals surface area contributed by atoms with Crippen LogP contribution in [0.1, 0.15) is 12.0 Å². The Labute approximate surface area is 109 Å². The summed E-state index contributed by atoms with van der Waals surface area (Å²) in [6.07, 6.45) is 3.35. The maximum Gasteiger partial charge on any atom is 0.317 e. The normalized spacial score (nSPS) is 12.4. The monoisotopic (exact) mass is 266 g/mol. The summed E-state index contributed by atoms with van der Waals surface area (Å²) in [6.45, 7) is 0. The van der Waals surface area contributed by atoms with Crippen molar-refractivity contribution in [1.29, 1.82) is 0 Å². The van der Waals surface area contributed by atoms with E-state index in [2.05, 4.69) is 0 Å². The number of rotatable bonds is 7. The summed E-state index contributed by atoms with van der Waals surface area (Å²) in [6, 6.07) is 9.62. The molecule has 0 heterocycles. The third-order valence-electron chi connectivity index (χ3n) is 2.14. The lowest BCUT2D eigenvalue weighted by atomic mass is 10.2. The molecule has 0 fully saturated rings. The van der Waals surface area contributed by atoms with Crippen molar-refractivity contribution in [2.45, 2.75) is 11.7 Å². The lowest BCUT2D eigenvalue weighted by Gasteiger charge is -2.07. The van der Waals surface area contributed by atoms with Gasteiger partial charge in [-0.25, -0.2) is 0 Å². The first-order valence-electron chi connectivity index (χ1n) is 5.37. The molecule has 1 atom stereocenters. The van der Waals surface area contributed by atoms with E-state index in [0.29, 0.717) is 5.75 Å². The largest absolute Gasteiger partial charge is 0.481 e. The Morgan fingerprint density at radius 3 is 2.44 bits per heavy atom. The third-order valence-corrected chi connectivity index (χ3v) is 3.29. The van der Waals surface area contributed by atoms with Crippen LogP contribution in [0.15, 0.2) is 36.4 Å². The van der Waals surface area contributed by atoms with Crippen LogP contribution < -0.4 is 0 Å². The molecule has 0 aliphatic rings. The second kappa shape index (κ2) is 7.55. The number of benzene rings is 1. The van der Waals surface area contributed by atoms with E-state index < -0.39 is 17.2 Å². The fraction of sp³-hybridized carbons (Fsp3) is 0.231. The predicted molar refractivity (Wildman–Crippen MR) is 71.6 cm³/mol. The van der Waals surface area contributed by atoms with Gasteiger partial charge in [0.25, 0.3) is 0 Å². The van der Waals surface area contributed by atoms with Crippen molar-refractivity contribution in [3.63, 3.8) is 0 Å². The highest BCUT2D eigenvalue weighted by molar-refractivity contribution is 8.00. The molecule has 0 radical (unpaired) electrons. The molecule has 0 bridgehead atoms. The van der Waals surface area contributed by atoms with Gasteiger partial charge < -0.3 is 10.2 Å². The number of hydrogen-bond donors (Lipinski definition) is 2. The first-order chi connectivity index (χ1) is 8.59. The number of aliphatic carboxylic acids is 2. The van der Waals surface area contributed by atoms with Gasteiger partial charge in [-0.05, 0) is 5.56 Å². The zero-order valence-electron chi connectivity index (χ0n) is 9.65. The number of carbonyl (C=O) groups is 2. The van der Waals surface area contributed by atoms with Crippen molar-refractivity contribution in [2.75, 3.05) is 5.75 Å². The lowest BCUT2D eigenvalue weighted by Crippen LogP contribution is -2.20. The summed E-state index contributed by atoms with van der Waals surface area (Å²) in [5.74, 6) is -1.71. The first-order valence-corrected chi connectivity index (χ1v) is 6.42. The van der Waals surface area contributed by atoms with Crippen molar-refractivity contribution in [3.8, 4) is 0 Å². The van der Waals surface area contributed by atoms with Crippen molar-refractivity contribution >= 4 is 29.8 Å². The molecule has 0 saturated carbocycles. The van der Waals surface area contributed by atoms with E-state index >= 15 is 0 Å². The summed E-state index contributed by atoms with van der Waals surface area (Å²) in [5.41, 5.74) is 1.03. The van der Waals surface area contributed by atoms with E-state index in [1.807, 2.05) is 42.5 Å². The Bertz CT molecular complexity index is 428. The molecule has 1 rings (SSSR count). The van der Waals surface area contributed by atoms with Gasteiger partial charge in [-0.2, -0.15) is 0 Å². The minimum absolute atomic E-state index is 0.362. The zero-order valence-corrected chi connectivity index (χ0v) is 10.5. The minimum atomic E-state index is -1.10. The predicted octanol–water partition coefficient (Wildman–Crippen LogP) is 2.36. The number of thioether (sulfide) groups is 1. The van der Waals surface area contributed by atoms with Crippen LogP contribution in [0.25, 0.3) is 6.08 Å². The Kier molecular flexibility index (Phi) is 6.00. The van der Waals surface area contributed by atoms with Crippen LogP contribution in [0.2, 0.25) is 0 Å². The summed E-state index contributed by atoms with van der Waals surface area (Å²) >= 11 is 1.11. The summed E-state index contributed by atoms with van der Waals surface area (Å²) in [7, 11) is 0. The topological polar surface area (TPSA) is 74.6 Å².